The first-order valence-electron chi connectivity index (χ1n) is 5.43. The van der Waals surface area contributed by atoms with Gasteiger partial charge in [0.1, 0.15) is 0 Å². The van der Waals surface area contributed by atoms with Gasteiger partial charge in [0, 0.05) is 5.54 Å². The summed E-state index contributed by atoms with van der Waals surface area (Å²) in [7, 11) is 0. The van der Waals surface area contributed by atoms with Gasteiger partial charge in [-0.3, -0.25) is 0 Å². The van der Waals surface area contributed by atoms with Gasteiger partial charge in [-0.25, -0.2) is 0 Å². The number of hydrogen-bond acceptors (Lipinski definition) is 1. The highest BCUT2D eigenvalue weighted by molar-refractivity contribution is 4.88. The quantitative estimate of drug-likeness (QED) is 0.652. The second-order valence-corrected chi connectivity index (χ2v) is 3.85. The molecule has 0 rings (SSSR count). The van der Waals surface area contributed by atoms with Crippen molar-refractivity contribution in [3.05, 3.63) is 0 Å². The van der Waals surface area contributed by atoms with Crippen molar-refractivity contribution in [1.82, 2.24) is 0 Å². The van der Waals surface area contributed by atoms with Crippen LogP contribution in [0.2, 0.25) is 0 Å². The molecule has 0 aliphatic heterocycles. The summed E-state index contributed by atoms with van der Waals surface area (Å²) < 4.78 is 0. The maximum atomic E-state index is 6.37. The molecule has 1 heteroatoms. The number of nitrogens with two attached hydrogens (primary N) is 1. The standard InChI is InChI=1S/C11H25N/c1-5-9-11(12,8-4)10(6-2)7-3/h10H,5-9,12H2,1-4H3. The molecular formula is C11H25N. The monoisotopic (exact) mass is 171 g/mol. The Morgan fingerprint density at radius 3 is 1.83 bits per heavy atom. The molecule has 1 nitrogen and oxygen atoms in total. The lowest BCUT2D eigenvalue weighted by Crippen LogP contribution is -2.46. The molecule has 0 aromatic carbocycles. The van der Waals surface area contributed by atoms with Crippen LogP contribution < -0.4 is 5.73 Å². The van der Waals surface area contributed by atoms with E-state index in [1.807, 2.05) is 0 Å². The topological polar surface area (TPSA) is 26.0 Å². The van der Waals surface area contributed by atoms with Crippen LogP contribution in [0.4, 0.5) is 0 Å². The Balaban J connectivity index is 4.24. The number of rotatable bonds is 6. The van der Waals surface area contributed by atoms with E-state index in [4.69, 9.17) is 5.73 Å². The van der Waals surface area contributed by atoms with E-state index in [-0.39, 0.29) is 5.54 Å². The minimum absolute atomic E-state index is 0.109. The van der Waals surface area contributed by atoms with Crippen molar-refractivity contribution in [3.8, 4) is 0 Å². The molecule has 0 saturated heterocycles. The van der Waals surface area contributed by atoms with Crippen LogP contribution in [0, 0.1) is 5.92 Å². The van der Waals surface area contributed by atoms with Crippen LogP contribution in [0.25, 0.3) is 0 Å². The van der Waals surface area contributed by atoms with Gasteiger partial charge in [-0.15, -0.1) is 0 Å². The van der Waals surface area contributed by atoms with Crippen molar-refractivity contribution >= 4 is 0 Å². The van der Waals surface area contributed by atoms with Crippen molar-refractivity contribution in [2.75, 3.05) is 0 Å². The molecule has 0 heterocycles. The molecule has 0 spiro atoms. The zero-order chi connectivity index (χ0) is 9.61. The highest BCUT2D eigenvalue weighted by atomic mass is 14.7. The lowest BCUT2D eigenvalue weighted by atomic mass is 9.76. The van der Waals surface area contributed by atoms with Gasteiger partial charge >= 0.3 is 0 Å². The molecule has 74 valence electrons. The van der Waals surface area contributed by atoms with E-state index in [9.17, 15) is 0 Å². The Labute approximate surface area is 77.7 Å². The van der Waals surface area contributed by atoms with Crippen molar-refractivity contribution in [2.24, 2.45) is 11.7 Å². The zero-order valence-corrected chi connectivity index (χ0v) is 9.19. The first-order chi connectivity index (χ1) is 5.64. The second-order valence-electron chi connectivity index (χ2n) is 3.85. The van der Waals surface area contributed by atoms with Crippen molar-refractivity contribution in [2.45, 2.75) is 65.3 Å². The SMILES string of the molecule is CCCC(N)(CC)C(CC)CC. The zero-order valence-electron chi connectivity index (χ0n) is 9.19. The predicted octanol–water partition coefficient (Wildman–Crippen LogP) is 3.33. The molecular weight excluding hydrogens is 146 g/mol. The third-order valence-electron chi connectivity index (χ3n) is 3.17. The summed E-state index contributed by atoms with van der Waals surface area (Å²) in [5.41, 5.74) is 6.48. The van der Waals surface area contributed by atoms with Gasteiger partial charge < -0.3 is 5.73 Å². The minimum atomic E-state index is 0.109. The maximum absolute atomic E-state index is 6.37. The second kappa shape index (κ2) is 5.58. The van der Waals surface area contributed by atoms with Gasteiger partial charge in [-0.2, -0.15) is 0 Å². The predicted molar refractivity (Wildman–Crippen MR) is 56.2 cm³/mol. The van der Waals surface area contributed by atoms with E-state index in [0.29, 0.717) is 5.92 Å². The van der Waals surface area contributed by atoms with Crippen LogP contribution >= 0.6 is 0 Å². The fourth-order valence-electron chi connectivity index (χ4n) is 2.24. The highest BCUT2D eigenvalue weighted by Gasteiger charge is 2.29. The molecule has 0 aromatic rings. The summed E-state index contributed by atoms with van der Waals surface area (Å²) in [4.78, 5) is 0. The average Bonchev–Trinajstić information content (AvgIpc) is 2.07. The molecule has 0 fully saturated rings. The average molecular weight is 171 g/mol. The summed E-state index contributed by atoms with van der Waals surface area (Å²) >= 11 is 0. The molecule has 1 atom stereocenters. The Morgan fingerprint density at radius 2 is 1.58 bits per heavy atom. The summed E-state index contributed by atoms with van der Waals surface area (Å²) in [5, 5.41) is 0. The van der Waals surface area contributed by atoms with E-state index in [2.05, 4.69) is 27.7 Å². The largest absolute Gasteiger partial charge is 0.325 e. The first-order valence-corrected chi connectivity index (χ1v) is 5.43. The van der Waals surface area contributed by atoms with Gasteiger partial charge in [0.05, 0.1) is 0 Å². The van der Waals surface area contributed by atoms with E-state index in [1.54, 1.807) is 0 Å². The normalized spacial score (nSPS) is 16.5. The third kappa shape index (κ3) is 2.78. The van der Waals surface area contributed by atoms with Gasteiger partial charge in [0.15, 0.2) is 0 Å². The van der Waals surface area contributed by atoms with Crippen LogP contribution in [-0.4, -0.2) is 5.54 Å². The molecule has 0 aliphatic rings. The Morgan fingerprint density at radius 1 is 1.08 bits per heavy atom. The molecule has 0 aromatic heterocycles. The van der Waals surface area contributed by atoms with Crippen LogP contribution in [0.1, 0.15) is 59.8 Å². The molecule has 0 amide bonds. The van der Waals surface area contributed by atoms with Gasteiger partial charge in [0.25, 0.3) is 0 Å². The molecule has 12 heavy (non-hydrogen) atoms. The lowest BCUT2D eigenvalue weighted by Gasteiger charge is -2.36. The first kappa shape index (κ1) is 12.0. The van der Waals surface area contributed by atoms with Crippen molar-refractivity contribution in [1.29, 1.82) is 0 Å². The van der Waals surface area contributed by atoms with E-state index in [0.717, 1.165) is 6.42 Å². The Kier molecular flexibility index (Phi) is 5.56. The van der Waals surface area contributed by atoms with Gasteiger partial charge in [-0.1, -0.05) is 47.0 Å². The highest BCUT2D eigenvalue weighted by Crippen LogP contribution is 2.28. The van der Waals surface area contributed by atoms with Gasteiger partial charge in [0.2, 0.25) is 0 Å². The molecule has 0 aliphatic carbocycles. The molecule has 0 saturated carbocycles. The van der Waals surface area contributed by atoms with Crippen LogP contribution in [0.3, 0.4) is 0 Å². The maximum Gasteiger partial charge on any atom is 0.0179 e. The minimum Gasteiger partial charge on any atom is -0.325 e. The van der Waals surface area contributed by atoms with Crippen LogP contribution in [0.15, 0.2) is 0 Å². The summed E-state index contributed by atoms with van der Waals surface area (Å²) in [6.45, 7) is 8.94. The summed E-state index contributed by atoms with van der Waals surface area (Å²) in [6, 6.07) is 0. The fourth-order valence-corrected chi connectivity index (χ4v) is 2.24. The number of hydrogen-bond donors (Lipinski definition) is 1. The van der Waals surface area contributed by atoms with Crippen molar-refractivity contribution in [3.63, 3.8) is 0 Å². The Bertz CT molecular complexity index is 108. The molecule has 1 unspecified atom stereocenters. The van der Waals surface area contributed by atoms with Crippen LogP contribution in [0.5, 0.6) is 0 Å². The Hall–Kier alpha value is -0.0400. The van der Waals surface area contributed by atoms with Crippen molar-refractivity contribution < 1.29 is 0 Å². The summed E-state index contributed by atoms with van der Waals surface area (Å²) in [5.74, 6) is 0.711. The lowest BCUT2D eigenvalue weighted by molar-refractivity contribution is 0.227. The molecule has 2 N–H and O–H groups in total. The summed E-state index contributed by atoms with van der Waals surface area (Å²) in [6.07, 6.45) is 5.95. The third-order valence-corrected chi connectivity index (χ3v) is 3.17. The van der Waals surface area contributed by atoms with E-state index < -0.39 is 0 Å². The molecule has 0 radical (unpaired) electrons. The smallest absolute Gasteiger partial charge is 0.0179 e. The van der Waals surface area contributed by atoms with E-state index in [1.165, 1.54) is 25.7 Å². The molecule has 0 bridgehead atoms. The van der Waals surface area contributed by atoms with E-state index >= 15 is 0 Å². The van der Waals surface area contributed by atoms with Crippen LogP contribution in [-0.2, 0) is 0 Å². The van der Waals surface area contributed by atoms with Gasteiger partial charge in [-0.05, 0) is 18.8 Å². The fraction of sp³-hybridized carbons (Fsp3) is 1.00.